The van der Waals surface area contributed by atoms with Crippen LogP contribution in [-0.4, -0.2) is 20.7 Å². The topological polar surface area (TPSA) is 46.2 Å². The quantitative estimate of drug-likeness (QED) is 0.766. The Morgan fingerprint density at radius 2 is 1.94 bits per heavy atom. The summed E-state index contributed by atoms with van der Waals surface area (Å²) in [6.45, 7) is 0.136. The maximum atomic E-state index is 12.4. The third-order valence-corrected chi connectivity index (χ3v) is 4.10. The van der Waals surface area contributed by atoms with Crippen molar-refractivity contribution >= 4 is 15.5 Å². The molecule has 7 heteroatoms. The van der Waals surface area contributed by atoms with E-state index in [9.17, 15) is 21.6 Å². The number of benzene rings is 1. The monoisotopic (exact) mass is 251 g/mol. The zero-order valence-electron chi connectivity index (χ0n) is 8.00. The number of rotatable bonds is 0. The van der Waals surface area contributed by atoms with Crippen molar-refractivity contribution < 1.29 is 21.6 Å². The largest absolute Gasteiger partial charge is 0.416 e. The zero-order chi connectivity index (χ0) is 12.0. The second-order valence-corrected chi connectivity index (χ2v) is 5.53. The molecule has 0 saturated carbocycles. The number of nitrogens with one attached hydrogen (secondary N) is 1. The lowest BCUT2D eigenvalue weighted by atomic mass is 10.2. The van der Waals surface area contributed by atoms with Gasteiger partial charge in [-0.2, -0.15) is 13.2 Å². The number of hydrogen-bond acceptors (Lipinski definition) is 3. The van der Waals surface area contributed by atoms with Gasteiger partial charge in [0.15, 0.2) is 9.84 Å². The summed E-state index contributed by atoms with van der Waals surface area (Å²) in [5.74, 6) is -0.0919. The van der Waals surface area contributed by atoms with Crippen LogP contribution in [0.5, 0.6) is 0 Å². The van der Waals surface area contributed by atoms with Gasteiger partial charge in [0.1, 0.15) is 0 Å². The highest BCUT2D eigenvalue weighted by atomic mass is 32.2. The van der Waals surface area contributed by atoms with Gasteiger partial charge in [0.25, 0.3) is 0 Å². The van der Waals surface area contributed by atoms with Gasteiger partial charge in [-0.25, -0.2) is 8.42 Å². The Bertz CT molecular complexity index is 522. The summed E-state index contributed by atoms with van der Waals surface area (Å²) in [6.07, 6.45) is -4.46. The molecule has 1 N–H and O–H groups in total. The molecule has 0 aliphatic carbocycles. The normalized spacial score (nSPS) is 18.7. The third kappa shape index (κ3) is 1.87. The molecule has 3 nitrogen and oxygen atoms in total. The highest BCUT2D eigenvalue weighted by molar-refractivity contribution is 7.91. The fourth-order valence-electron chi connectivity index (χ4n) is 1.55. The van der Waals surface area contributed by atoms with Crippen LogP contribution in [-0.2, 0) is 16.0 Å². The summed E-state index contributed by atoms with van der Waals surface area (Å²) in [5, 5.41) is 2.65. The van der Waals surface area contributed by atoms with Gasteiger partial charge in [-0.1, -0.05) is 0 Å². The first-order valence-electron chi connectivity index (χ1n) is 4.48. The summed E-state index contributed by atoms with van der Waals surface area (Å²) in [4.78, 5) is -0.0632. The molecule has 0 spiro atoms. The first-order valence-corrected chi connectivity index (χ1v) is 6.14. The Labute approximate surface area is 90.2 Å². The molecule has 0 fully saturated rings. The number of alkyl halides is 3. The van der Waals surface area contributed by atoms with Gasteiger partial charge < -0.3 is 5.32 Å². The Kier molecular flexibility index (Phi) is 2.37. The van der Waals surface area contributed by atoms with Crippen LogP contribution in [0.3, 0.4) is 0 Å². The lowest BCUT2D eigenvalue weighted by Crippen LogP contribution is -2.23. The molecule has 1 aliphatic rings. The minimum atomic E-state index is -4.46. The van der Waals surface area contributed by atoms with Crippen LogP contribution in [0.2, 0.25) is 0 Å². The molecular formula is C9H8F3NO2S. The van der Waals surface area contributed by atoms with Gasteiger partial charge >= 0.3 is 6.18 Å². The first kappa shape index (κ1) is 11.3. The fraction of sp³-hybridized carbons (Fsp3) is 0.333. The second kappa shape index (κ2) is 3.38. The Morgan fingerprint density at radius 3 is 2.56 bits per heavy atom. The molecule has 88 valence electrons. The molecule has 16 heavy (non-hydrogen) atoms. The van der Waals surface area contributed by atoms with E-state index < -0.39 is 21.6 Å². The highest BCUT2D eigenvalue weighted by Crippen LogP contribution is 2.34. The molecular weight excluding hydrogens is 243 g/mol. The smallest absolute Gasteiger partial charge is 0.383 e. The second-order valence-electron chi connectivity index (χ2n) is 3.45. The van der Waals surface area contributed by atoms with Crippen molar-refractivity contribution in [2.24, 2.45) is 0 Å². The minimum Gasteiger partial charge on any atom is -0.383 e. The SMILES string of the molecule is O=S1(=O)CCNc2cc(C(F)(F)F)ccc21. The van der Waals surface area contributed by atoms with Crippen LogP contribution < -0.4 is 5.32 Å². The van der Waals surface area contributed by atoms with Crippen LogP contribution in [0, 0.1) is 0 Å². The number of sulfone groups is 1. The maximum Gasteiger partial charge on any atom is 0.416 e. The van der Waals surface area contributed by atoms with Crippen molar-refractivity contribution in [1.29, 1.82) is 0 Å². The number of fused-ring (bicyclic) bond motifs is 1. The van der Waals surface area contributed by atoms with Crippen LogP contribution in [0.15, 0.2) is 23.1 Å². The van der Waals surface area contributed by atoms with E-state index in [1.807, 2.05) is 0 Å². The van der Waals surface area contributed by atoms with E-state index in [4.69, 9.17) is 0 Å². The van der Waals surface area contributed by atoms with E-state index in [0.717, 1.165) is 18.2 Å². The van der Waals surface area contributed by atoms with Crippen molar-refractivity contribution in [3.63, 3.8) is 0 Å². The summed E-state index contributed by atoms with van der Waals surface area (Å²) >= 11 is 0. The summed E-state index contributed by atoms with van der Waals surface area (Å²) in [5.41, 5.74) is -0.822. The van der Waals surface area contributed by atoms with Gasteiger partial charge in [-0.3, -0.25) is 0 Å². The first-order chi connectivity index (χ1) is 7.31. The van der Waals surface area contributed by atoms with E-state index in [2.05, 4.69) is 5.32 Å². The van der Waals surface area contributed by atoms with Crippen LogP contribution in [0.1, 0.15) is 5.56 Å². The van der Waals surface area contributed by atoms with Gasteiger partial charge in [-0.05, 0) is 18.2 Å². The van der Waals surface area contributed by atoms with Crippen LogP contribution >= 0.6 is 0 Å². The molecule has 1 aromatic rings. The Balaban J connectivity index is 2.57. The van der Waals surface area contributed by atoms with Crippen molar-refractivity contribution in [2.75, 3.05) is 17.6 Å². The van der Waals surface area contributed by atoms with Gasteiger partial charge in [-0.15, -0.1) is 0 Å². The average molecular weight is 251 g/mol. The molecule has 0 amide bonds. The van der Waals surface area contributed by atoms with Gasteiger partial charge in [0.05, 0.1) is 21.9 Å². The molecule has 0 unspecified atom stereocenters. The molecule has 0 saturated heterocycles. The average Bonchev–Trinajstić information content (AvgIpc) is 2.15. The molecule has 1 aromatic carbocycles. The third-order valence-electron chi connectivity index (χ3n) is 2.33. The summed E-state index contributed by atoms with van der Waals surface area (Å²) < 4.78 is 60.1. The van der Waals surface area contributed by atoms with Crippen molar-refractivity contribution in [2.45, 2.75) is 11.1 Å². The predicted molar refractivity (Wildman–Crippen MR) is 52.0 cm³/mol. The molecule has 0 atom stereocenters. The van der Waals surface area contributed by atoms with E-state index in [1.54, 1.807) is 0 Å². The van der Waals surface area contributed by atoms with Crippen molar-refractivity contribution in [3.05, 3.63) is 23.8 Å². The molecule has 1 heterocycles. The van der Waals surface area contributed by atoms with Gasteiger partial charge in [0, 0.05) is 6.54 Å². The number of anilines is 1. The molecule has 0 aromatic heterocycles. The molecule has 0 bridgehead atoms. The Hall–Kier alpha value is -1.24. The van der Waals surface area contributed by atoms with Crippen molar-refractivity contribution in [3.8, 4) is 0 Å². The highest BCUT2D eigenvalue weighted by Gasteiger charge is 2.33. The summed E-state index contributed by atoms with van der Waals surface area (Å²) in [6, 6.07) is 2.61. The van der Waals surface area contributed by atoms with Crippen LogP contribution in [0.25, 0.3) is 0 Å². The number of halogens is 3. The molecule has 0 radical (unpaired) electrons. The zero-order valence-corrected chi connectivity index (χ0v) is 8.82. The lowest BCUT2D eigenvalue weighted by molar-refractivity contribution is -0.137. The Morgan fingerprint density at radius 1 is 1.25 bits per heavy atom. The van der Waals surface area contributed by atoms with E-state index in [0.29, 0.717) is 0 Å². The predicted octanol–water partition coefficient (Wildman–Crippen LogP) is 1.90. The number of hydrogen-bond donors (Lipinski definition) is 1. The van der Waals surface area contributed by atoms with Gasteiger partial charge in [0.2, 0.25) is 0 Å². The maximum absolute atomic E-state index is 12.4. The fourth-order valence-corrected chi connectivity index (χ4v) is 2.88. The molecule has 2 rings (SSSR count). The van der Waals surface area contributed by atoms with E-state index >= 15 is 0 Å². The van der Waals surface area contributed by atoms with E-state index in [1.165, 1.54) is 0 Å². The minimum absolute atomic E-state index is 0.0288. The van der Waals surface area contributed by atoms with Crippen molar-refractivity contribution in [1.82, 2.24) is 0 Å². The summed E-state index contributed by atoms with van der Waals surface area (Å²) in [7, 11) is -3.43. The van der Waals surface area contributed by atoms with Crippen LogP contribution in [0.4, 0.5) is 18.9 Å². The lowest BCUT2D eigenvalue weighted by Gasteiger charge is -2.19. The molecule has 1 aliphatic heterocycles. The van der Waals surface area contributed by atoms with E-state index in [-0.39, 0.29) is 22.9 Å². The standard InChI is InChI=1S/C9H8F3NO2S/c10-9(11,12)6-1-2-8-7(5-6)13-3-4-16(8,14)15/h1-2,5,13H,3-4H2.